The zero-order valence-corrected chi connectivity index (χ0v) is 8.60. The minimum atomic E-state index is -0.500. The molecule has 14 heavy (non-hydrogen) atoms. The SMILES string of the molecule is CC(C)(C)O.O=[N+]([O-])c1ccccc1. The number of rotatable bonds is 1. The predicted molar refractivity (Wildman–Crippen MR) is 55.1 cm³/mol. The van der Waals surface area contributed by atoms with Gasteiger partial charge in [0.2, 0.25) is 0 Å². The van der Waals surface area contributed by atoms with Crippen LogP contribution in [0.25, 0.3) is 0 Å². The van der Waals surface area contributed by atoms with Crippen molar-refractivity contribution < 1.29 is 10.0 Å². The van der Waals surface area contributed by atoms with Gasteiger partial charge in [0.25, 0.3) is 5.69 Å². The molecule has 0 aliphatic rings. The van der Waals surface area contributed by atoms with Gasteiger partial charge < -0.3 is 5.11 Å². The van der Waals surface area contributed by atoms with Crippen molar-refractivity contribution in [2.75, 3.05) is 0 Å². The van der Waals surface area contributed by atoms with Gasteiger partial charge in [-0.1, -0.05) is 18.2 Å². The van der Waals surface area contributed by atoms with Gasteiger partial charge in [0.15, 0.2) is 0 Å². The average Bonchev–Trinajstić information content (AvgIpc) is 2.03. The maximum atomic E-state index is 10.0. The smallest absolute Gasteiger partial charge is 0.269 e. The standard InChI is InChI=1S/C6H5NO2.C4H10O/c8-7(9)6-4-2-1-3-5-6;1-4(2,3)5/h1-5H;5H,1-3H3. The van der Waals surface area contributed by atoms with Crippen molar-refractivity contribution in [2.24, 2.45) is 0 Å². The monoisotopic (exact) mass is 197 g/mol. The number of non-ortho nitro benzene ring substituents is 1. The highest BCUT2D eigenvalue weighted by Gasteiger charge is 1.98. The zero-order valence-electron chi connectivity index (χ0n) is 8.60. The number of para-hydroxylation sites is 1. The van der Waals surface area contributed by atoms with E-state index in [2.05, 4.69) is 0 Å². The molecule has 0 aliphatic carbocycles. The molecule has 0 spiro atoms. The summed E-state index contributed by atoms with van der Waals surface area (Å²) in [6.07, 6.45) is 0. The van der Waals surface area contributed by atoms with Crippen LogP contribution < -0.4 is 0 Å². The molecule has 0 atom stereocenters. The van der Waals surface area contributed by atoms with Crippen LogP contribution in [0.2, 0.25) is 0 Å². The summed E-state index contributed by atoms with van der Waals surface area (Å²) in [5.74, 6) is 0. The van der Waals surface area contributed by atoms with Crippen LogP contribution in [0.4, 0.5) is 5.69 Å². The molecule has 4 nitrogen and oxygen atoms in total. The van der Waals surface area contributed by atoms with E-state index in [1.54, 1.807) is 39.0 Å². The largest absolute Gasteiger partial charge is 0.391 e. The summed E-state index contributed by atoms with van der Waals surface area (Å²) in [7, 11) is 0. The van der Waals surface area contributed by atoms with E-state index in [1.165, 1.54) is 12.1 Å². The van der Waals surface area contributed by atoms with Gasteiger partial charge in [-0.15, -0.1) is 0 Å². The summed E-state index contributed by atoms with van der Waals surface area (Å²) in [6, 6.07) is 7.93. The Labute approximate surface area is 83.3 Å². The fraction of sp³-hybridized carbons (Fsp3) is 0.400. The van der Waals surface area contributed by atoms with Gasteiger partial charge in [0.1, 0.15) is 0 Å². The molecule has 0 aromatic heterocycles. The minimum Gasteiger partial charge on any atom is -0.391 e. The molecule has 1 N–H and O–H groups in total. The lowest BCUT2D eigenvalue weighted by Crippen LogP contribution is -2.10. The summed E-state index contributed by atoms with van der Waals surface area (Å²) in [5.41, 5.74) is -0.363. The Morgan fingerprint density at radius 1 is 1.21 bits per heavy atom. The highest BCUT2D eigenvalue weighted by atomic mass is 16.6. The Hall–Kier alpha value is -1.42. The highest BCUT2D eigenvalue weighted by molar-refractivity contribution is 5.27. The van der Waals surface area contributed by atoms with Crippen LogP contribution in [0.3, 0.4) is 0 Å². The Morgan fingerprint density at radius 2 is 1.57 bits per heavy atom. The van der Waals surface area contributed by atoms with Crippen molar-refractivity contribution in [1.82, 2.24) is 0 Å². The van der Waals surface area contributed by atoms with Crippen molar-refractivity contribution in [3.05, 3.63) is 40.4 Å². The Bertz CT molecular complexity index is 271. The van der Waals surface area contributed by atoms with Crippen LogP contribution in [0, 0.1) is 10.1 Å². The van der Waals surface area contributed by atoms with Crippen LogP contribution in [0.15, 0.2) is 30.3 Å². The van der Waals surface area contributed by atoms with Gasteiger partial charge in [0, 0.05) is 12.1 Å². The molecule has 78 valence electrons. The average molecular weight is 197 g/mol. The molecular weight excluding hydrogens is 182 g/mol. The van der Waals surface area contributed by atoms with E-state index in [0.29, 0.717) is 0 Å². The maximum absolute atomic E-state index is 10.0. The van der Waals surface area contributed by atoms with Gasteiger partial charge >= 0.3 is 0 Å². The first-order valence-electron chi connectivity index (χ1n) is 4.22. The van der Waals surface area contributed by atoms with E-state index in [-0.39, 0.29) is 5.69 Å². The second-order valence-corrected chi connectivity index (χ2v) is 3.76. The lowest BCUT2D eigenvalue weighted by molar-refractivity contribution is -0.384. The van der Waals surface area contributed by atoms with Crippen molar-refractivity contribution in [1.29, 1.82) is 0 Å². The van der Waals surface area contributed by atoms with Crippen LogP contribution in [0.1, 0.15) is 20.8 Å². The molecule has 0 saturated heterocycles. The molecule has 1 aromatic carbocycles. The van der Waals surface area contributed by atoms with Crippen LogP contribution in [0.5, 0.6) is 0 Å². The lowest BCUT2D eigenvalue weighted by atomic mass is 10.2. The van der Waals surface area contributed by atoms with Crippen molar-refractivity contribution in [3.63, 3.8) is 0 Å². The van der Waals surface area contributed by atoms with Crippen molar-refractivity contribution in [3.8, 4) is 0 Å². The van der Waals surface area contributed by atoms with Crippen LogP contribution in [-0.4, -0.2) is 15.6 Å². The van der Waals surface area contributed by atoms with E-state index in [9.17, 15) is 10.1 Å². The first-order chi connectivity index (χ1) is 6.30. The number of hydrogen-bond donors (Lipinski definition) is 1. The second kappa shape index (κ2) is 5.34. The fourth-order valence-electron chi connectivity index (χ4n) is 0.550. The second-order valence-electron chi connectivity index (χ2n) is 3.76. The maximum Gasteiger partial charge on any atom is 0.269 e. The molecule has 0 unspecified atom stereocenters. The molecule has 0 bridgehead atoms. The molecule has 1 rings (SSSR count). The van der Waals surface area contributed by atoms with Gasteiger partial charge in [0.05, 0.1) is 10.5 Å². The third kappa shape index (κ3) is 8.67. The molecule has 1 aromatic rings. The van der Waals surface area contributed by atoms with E-state index >= 15 is 0 Å². The lowest BCUT2D eigenvalue weighted by Gasteiger charge is -2.04. The number of nitrogens with zero attached hydrogens (tertiary/aromatic N) is 1. The van der Waals surface area contributed by atoms with Crippen molar-refractivity contribution in [2.45, 2.75) is 26.4 Å². The normalized spacial score (nSPS) is 10.0. The number of benzene rings is 1. The Morgan fingerprint density at radius 3 is 1.79 bits per heavy atom. The van der Waals surface area contributed by atoms with E-state index in [1.807, 2.05) is 0 Å². The summed E-state index contributed by atoms with van der Waals surface area (Å²) < 4.78 is 0. The highest BCUT2D eigenvalue weighted by Crippen LogP contribution is 2.06. The molecule has 0 saturated carbocycles. The third-order valence-electron chi connectivity index (χ3n) is 0.967. The van der Waals surface area contributed by atoms with Crippen molar-refractivity contribution >= 4 is 5.69 Å². The topological polar surface area (TPSA) is 63.4 Å². The molecule has 0 aliphatic heterocycles. The zero-order chi connectivity index (χ0) is 11.2. The van der Waals surface area contributed by atoms with E-state index in [4.69, 9.17) is 5.11 Å². The molecular formula is C10H15NO3. The molecule has 0 fully saturated rings. The van der Waals surface area contributed by atoms with Crippen LogP contribution in [-0.2, 0) is 0 Å². The third-order valence-corrected chi connectivity index (χ3v) is 0.967. The molecule has 4 heteroatoms. The van der Waals surface area contributed by atoms with Gasteiger partial charge in [-0.25, -0.2) is 0 Å². The first-order valence-corrected chi connectivity index (χ1v) is 4.22. The number of nitro benzene ring substituents is 1. The van der Waals surface area contributed by atoms with E-state index in [0.717, 1.165) is 0 Å². The number of nitro groups is 1. The van der Waals surface area contributed by atoms with Gasteiger partial charge in [-0.05, 0) is 20.8 Å². The molecule has 0 amide bonds. The Kier molecular flexibility index (Phi) is 4.80. The number of hydrogen-bond acceptors (Lipinski definition) is 3. The van der Waals surface area contributed by atoms with Gasteiger partial charge in [-0.2, -0.15) is 0 Å². The first kappa shape index (κ1) is 12.6. The predicted octanol–water partition coefficient (Wildman–Crippen LogP) is 2.37. The Balaban J connectivity index is 0.000000292. The molecule has 0 radical (unpaired) electrons. The van der Waals surface area contributed by atoms with Gasteiger partial charge in [-0.3, -0.25) is 10.1 Å². The summed E-state index contributed by atoms with van der Waals surface area (Å²) in [6.45, 7) is 5.23. The molecule has 0 heterocycles. The minimum absolute atomic E-state index is 0.137. The summed E-state index contributed by atoms with van der Waals surface area (Å²) >= 11 is 0. The van der Waals surface area contributed by atoms with Crippen LogP contribution >= 0.6 is 0 Å². The number of aliphatic hydroxyl groups is 1. The van der Waals surface area contributed by atoms with E-state index < -0.39 is 10.5 Å². The summed E-state index contributed by atoms with van der Waals surface area (Å²) in [4.78, 5) is 9.59. The quantitative estimate of drug-likeness (QED) is 0.555. The summed E-state index contributed by atoms with van der Waals surface area (Å²) in [5, 5.41) is 18.5. The fourth-order valence-corrected chi connectivity index (χ4v) is 0.550.